The van der Waals surface area contributed by atoms with E-state index in [0.717, 1.165) is 33.8 Å². The van der Waals surface area contributed by atoms with E-state index in [9.17, 15) is 29.4 Å². The first kappa shape index (κ1) is 44.3. The van der Waals surface area contributed by atoms with Crippen molar-refractivity contribution in [1.29, 1.82) is 0 Å². The summed E-state index contributed by atoms with van der Waals surface area (Å²) in [5.74, 6) is -0.929. The third-order valence-electron chi connectivity index (χ3n) is 10.6. The fourth-order valence-corrected chi connectivity index (χ4v) is 7.65. The first-order valence-corrected chi connectivity index (χ1v) is 20.2. The Balaban J connectivity index is 1.43. The van der Waals surface area contributed by atoms with Crippen LogP contribution in [0, 0.1) is 17.8 Å². The number of benzene rings is 2. The van der Waals surface area contributed by atoms with E-state index in [-0.39, 0.29) is 24.8 Å². The quantitative estimate of drug-likeness (QED) is 0.0917. The van der Waals surface area contributed by atoms with Crippen LogP contribution in [-0.4, -0.2) is 97.3 Å². The van der Waals surface area contributed by atoms with Crippen LogP contribution < -0.4 is 16.0 Å². The third kappa shape index (κ3) is 12.3. The summed E-state index contributed by atoms with van der Waals surface area (Å²) in [7, 11) is 0. The van der Waals surface area contributed by atoms with Crippen molar-refractivity contribution in [2.75, 3.05) is 13.1 Å². The zero-order chi connectivity index (χ0) is 42.9. The van der Waals surface area contributed by atoms with Crippen molar-refractivity contribution in [3.8, 4) is 11.3 Å². The highest BCUT2D eigenvalue weighted by molar-refractivity contribution is 5.89. The molecule has 1 aliphatic rings. The molecule has 0 radical (unpaired) electrons. The molecule has 13 heteroatoms. The van der Waals surface area contributed by atoms with Gasteiger partial charge in [-0.15, -0.1) is 0 Å². The zero-order valence-electron chi connectivity index (χ0n) is 35.2. The van der Waals surface area contributed by atoms with Crippen LogP contribution in [0.25, 0.3) is 11.3 Å². The maximum Gasteiger partial charge on any atom is 0.405 e. The minimum atomic E-state index is -1.34. The van der Waals surface area contributed by atoms with Gasteiger partial charge < -0.3 is 36.0 Å². The molecule has 0 aliphatic carbocycles. The van der Waals surface area contributed by atoms with Crippen LogP contribution in [0.15, 0.2) is 97.2 Å². The second kappa shape index (κ2) is 19.3. The number of carboxylic acid groups (broad SMARTS) is 1. The van der Waals surface area contributed by atoms with Gasteiger partial charge in [0, 0.05) is 36.6 Å². The van der Waals surface area contributed by atoms with Gasteiger partial charge in [-0.05, 0) is 72.4 Å². The van der Waals surface area contributed by atoms with Gasteiger partial charge in [0.05, 0.1) is 30.1 Å². The van der Waals surface area contributed by atoms with Gasteiger partial charge in [0.1, 0.15) is 12.1 Å². The Morgan fingerprint density at radius 1 is 0.763 bits per heavy atom. The number of carbonyl (C=O) groups excluding carboxylic acids is 3. The summed E-state index contributed by atoms with van der Waals surface area (Å²) in [6.45, 7) is 14.1. The van der Waals surface area contributed by atoms with Crippen LogP contribution in [0.5, 0.6) is 0 Å². The SMILES string of the molecule is Cc1cccc(CN2CCN([C@H](C(=O)N[C@@H](Cc3ccc(-c4ccccn4)cc3)C[C@@H](O)[C@H](Cc3ccccc3)NC(=O)[C@@H](NC(=O)O)C(C)(C)C)C(C)(C)C)C2=O)n1. The number of carbonyl (C=O) groups is 4. The van der Waals surface area contributed by atoms with E-state index in [1.807, 2.05) is 119 Å². The molecule has 1 saturated heterocycles. The van der Waals surface area contributed by atoms with E-state index >= 15 is 0 Å². The molecule has 5 atom stereocenters. The lowest BCUT2D eigenvalue weighted by Gasteiger charge is -2.38. The number of aliphatic hydroxyl groups is 1. The van der Waals surface area contributed by atoms with Gasteiger partial charge in [0.25, 0.3) is 0 Å². The smallest absolute Gasteiger partial charge is 0.405 e. The van der Waals surface area contributed by atoms with E-state index in [0.29, 0.717) is 26.1 Å². The summed E-state index contributed by atoms with van der Waals surface area (Å²) in [5.41, 5.74) is 3.68. The molecule has 0 bridgehead atoms. The van der Waals surface area contributed by atoms with Crippen molar-refractivity contribution in [3.63, 3.8) is 0 Å². The van der Waals surface area contributed by atoms with Crippen molar-refractivity contribution in [1.82, 2.24) is 35.7 Å². The molecule has 0 saturated carbocycles. The van der Waals surface area contributed by atoms with E-state index in [4.69, 9.17) is 0 Å². The molecule has 4 aromatic rings. The number of amides is 5. The molecule has 314 valence electrons. The van der Waals surface area contributed by atoms with Crippen LogP contribution >= 0.6 is 0 Å². The van der Waals surface area contributed by atoms with Crippen molar-refractivity contribution in [3.05, 3.63) is 120 Å². The maximum atomic E-state index is 14.6. The lowest BCUT2D eigenvalue weighted by molar-refractivity contribution is -0.130. The van der Waals surface area contributed by atoms with E-state index in [1.54, 1.807) is 36.8 Å². The van der Waals surface area contributed by atoms with Gasteiger partial charge in [0.2, 0.25) is 11.8 Å². The van der Waals surface area contributed by atoms with Gasteiger partial charge in [0.15, 0.2) is 0 Å². The molecule has 59 heavy (non-hydrogen) atoms. The number of nitrogens with zero attached hydrogens (tertiary/aromatic N) is 4. The Morgan fingerprint density at radius 2 is 1.44 bits per heavy atom. The molecule has 0 unspecified atom stereocenters. The van der Waals surface area contributed by atoms with Gasteiger partial charge in [-0.1, -0.05) is 108 Å². The largest absolute Gasteiger partial charge is 0.465 e. The molecule has 3 heterocycles. The lowest BCUT2D eigenvalue weighted by Crippen LogP contribution is -2.59. The normalized spacial score (nSPS) is 15.8. The number of aliphatic hydroxyl groups excluding tert-OH is 1. The van der Waals surface area contributed by atoms with Gasteiger partial charge in [-0.25, -0.2) is 9.59 Å². The number of hydrogen-bond acceptors (Lipinski definition) is 7. The Kier molecular flexibility index (Phi) is 14.5. The Morgan fingerprint density at radius 3 is 2.05 bits per heavy atom. The average Bonchev–Trinajstić information content (AvgIpc) is 3.51. The highest BCUT2D eigenvalue weighted by Gasteiger charge is 2.44. The summed E-state index contributed by atoms with van der Waals surface area (Å²) in [4.78, 5) is 66.5. The molecule has 5 amide bonds. The van der Waals surface area contributed by atoms with Crippen LogP contribution in [0.4, 0.5) is 9.59 Å². The summed E-state index contributed by atoms with van der Waals surface area (Å²) in [5, 5.41) is 30.2. The molecule has 0 spiro atoms. The fraction of sp³-hybridized carbons (Fsp3) is 0.435. The molecule has 2 aromatic heterocycles. The summed E-state index contributed by atoms with van der Waals surface area (Å²) in [6, 6.07) is 25.0. The first-order chi connectivity index (χ1) is 27.9. The molecule has 1 fully saturated rings. The number of pyridine rings is 2. The Bertz CT molecular complexity index is 2030. The summed E-state index contributed by atoms with van der Waals surface area (Å²) in [6.07, 6.45) is -0.168. The highest BCUT2D eigenvalue weighted by Crippen LogP contribution is 2.29. The van der Waals surface area contributed by atoms with Gasteiger partial charge >= 0.3 is 12.1 Å². The van der Waals surface area contributed by atoms with Gasteiger partial charge in [-0.3, -0.25) is 19.6 Å². The predicted molar refractivity (Wildman–Crippen MR) is 227 cm³/mol. The molecule has 5 rings (SSSR count). The Hall–Kier alpha value is -5.82. The van der Waals surface area contributed by atoms with Crippen LogP contribution in [-0.2, 0) is 29.0 Å². The highest BCUT2D eigenvalue weighted by atomic mass is 16.4. The first-order valence-electron chi connectivity index (χ1n) is 20.2. The third-order valence-corrected chi connectivity index (χ3v) is 10.6. The Labute approximate surface area is 347 Å². The molecule has 13 nitrogen and oxygen atoms in total. The minimum Gasteiger partial charge on any atom is -0.465 e. The number of aryl methyl sites for hydroxylation is 1. The molecule has 5 N–H and O–H groups in total. The van der Waals surface area contributed by atoms with Crippen LogP contribution in [0.1, 0.15) is 70.5 Å². The monoisotopic (exact) mass is 805 g/mol. The molecule has 2 aromatic carbocycles. The molecule has 1 aliphatic heterocycles. The zero-order valence-corrected chi connectivity index (χ0v) is 35.2. The van der Waals surface area contributed by atoms with Crippen LogP contribution in [0.2, 0.25) is 0 Å². The molecular formula is C46H59N7O6. The van der Waals surface area contributed by atoms with E-state index in [1.165, 1.54) is 0 Å². The number of urea groups is 1. The van der Waals surface area contributed by atoms with Crippen molar-refractivity contribution >= 4 is 23.9 Å². The fourth-order valence-electron chi connectivity index (χ4n) is 7.65. The van der Waals surface area contributed by atoms with Crippen molar-refractivity contribution in [2.24, 2.45) is 10.8 Å². The van der Waals surface area contributed by atoms with Gasteiger partial charge in [-0.2, -0.15) is 0 Å². The number of nitrogens with one attached hydrogen (secondary N) is 3. The number of rotatable bonds is 16. The van der Waals surface area contributed by atoms with E-state index < -0.39 is 53.1 Å². The second-order valence-corrected chi connectivity index (χ2v) is 17.6. The number of hydrogen-bond donors (Lipinski definition) is 5. The van der Waals surface area contributed by atoms with Crippen molar-refractivity contribution in [2.45, 2.75) is 105 Å². The lowest BCUT2D eigenvalue weighted by atomic mass is 9.84. The average molecular weight is 806 g/mol. The number of aromatic nitrogens is 2. The maximum absolute atomic E-state index is 14.6. The predicted octanol–water partition coefficient (Wildman–Crippen LogP) is 5.99. The van der Waals surface area contributed by atoms with Crippen LogP contribution in [0.3, 0.4) is 0 Å². The standard InChI is InChI=1S/C46H59N7O6/c1-30-14-13-17-34(48-30)29-52-24-25-53(44(52)59)40(46(5,6)7)42(56)49-35(26-32-19-21-33(22-20-32)36-18-11-12-23-47-36)28-38(54)37(27-31-15-9-8-10-16-31)50-41(55)39(45(2,3)4)51-43(57)58/h8-23,35,37-40,51,54H,24-29H2,1-7H3,(H,49,56)(H,50,55)(H,57,58)/t35-,37-,38+,39+,40+/m0/s1. The molecular weight excluding hydrogens is 747 g/mol. The second-order valence-electron chi connectivity index (χ2n) is 17.6. The summed E-state index contributed by atoms with van der Waals surface area (Å²) < 4.78 is 0. The summed E-state index contributed by atoms with van der Waals surface area (Å²) >= 11 is 0. The minimum absolute atomic E-state index is 0.0357. The van der Waals surface area contributed by atoms with E-state index in [2.05, 4.69) is 25.9 Å². The van der Waals surface area contributed by atoms with Crippen molar-refractivity contribution < 1.29 is 29.4 Å². The topological polar surface area (TPSA) is 177 Å².